The van der Waals surface area contributed by atoms with E-state index in [1.54, 1.807) is 4.90 Å². The summed E-state index contributed by atoms with van der Waals surface area (Å²) in [5.74, 6) is 0.0592. The zero-order valence-electron chi connectivity index (χ0n) is 16.1. The molecule has 0 saturated carbocycles. The molecule has 148 valence electrons. The lowest BCUT2D eigenvalue weighted by molar-refractivity contribution is -0.142. The van der Waals surface area contributed by atoms with Crippen molar-refractivity contribution in [3.63, 3.8) is 0 Å². The van der Waals surface area contributed by atoms with E-state index in [2.05, 4.69) is 12.2 Å². The van der Waals surface area contributed by atoms with Crippen LogP contribution in [0.5, 0.6) is 0 Å². The smallest absolute Gasteiger partial charge is 0.321 e. The fourth-order valence-electron chi connectivity index (χ4n) is 3.76. The van der Waals surface area contributed by atoms with Crippen LogP contribution in [-0.2, 0) is 22.4 Å². The van der Waals surface area contributed by atoms with Crippen LogP contribution in [0, 0.1) is 0 Å². The van der Waals surface area contributed by atoms with E-state index in [-0.39, 0.29) is 18.0 Å². The van der Waals surface area contributed by atoms with Crippen molar-refractivity contribution in [1.82, 2.24) is 9.80 Å². The molecule has 0 aromatic heterocycles. The molecule has 1 atom stereocenters. The molecule has 1 unspecified atom stereocenters. The number of nitrogens with zero attached hydrogens (tertiary/aromatic N) is 2. The Bertz CT molecular complexity index is 696. The number of benzene rings is 1. The molecule has 1 aromatic carbocycles. The maximum absolute atomic E-state index is 12.8. The van der Waals surface area contributed by atoms with Gasteiger partial charge in [0.25, 0.3) is 5.91 Å². The van der Waals surface area contributed by atoms with Gasteiger partial charge in [0.2, 0.25) is 0 Å². The molecule has 0 aliphatic carbocycles. The number of aryl methyl sites for hydroxylation is 1. The minimum atomic E-state index is -0.295. The summed E-state index contributed by atoms with van der Waals surface area (Å²) in [6.45, 7) is 6.89. The van der Waals surface area contributed by atoms with Gasteiger partial charge in [-0.15, -0.1) is 0 Å². The van der Waals surface area contributed by atoms with Gasteiger partial charge in [-0.3, -0.25) is 4.79 Å². The Kier molecular flexibility index (Phi) is 6.60. The van der Waals surface area contributed by atoms with Crippen LogP contribution >= 0.6 is 11.6 Å². The molecular formula is C20H28ClN3O3. The van der Waals surface area contributed by atoms with Crippen molar-refractivity contribution in [2.24, 2.45) is 0 Å². The van der Waals surface area contributed by atoms with Gasteiger partial charge in [-0.2, -0.15) is 0 Å². The zero-order chi connectivity index (χ0) is 19.4. The first-order chi connectivity index (χ1) is 13.0. The summed E-state index contributed by atoms with van der Waals surface area (Å²) >= 11 is 6.32. The normalized spacial score (nSPS) is 20.0. The summed E-state index contributed by atoms with van der Waals surface area (Å²) in [5.41, 5.74) is 2.88. The lowest BCUT2D eigenvalue weighted by Gasteiger charge is -2.36. The number of halogens is 1. The van der Waals surface area contributed by atoms with Crippen LogP contribution in [0.25, 0.3) is 0 Å². The maximum Gasteiger partial charge on any atom is 0.321 e. The van der Waals surface area contributed by atoms with Gasteiger partial charge in [-0.05, 0) is 42.9 Å². The third-order valence-electron chi connectivity index (χ3n) is 5.39. The molecule has 27 heavy (non-hydrogen) atoms. The lowest BCUT2D eigenvalue weighted by Crippen LogP contribution is -2.53. The topological polar surface area (TPSA) is 61.9 Å². The molecule has 1 aromatic rings. The number of carbonyl (C=O) groups excluding carboxylic acids is 2. The first kappa shape index (κ1) is 20.0. The summed E-state index contributed by atoms with van der Waals surface area (Å²) in [6.07, 6.45) is 3.03. The minimum Gasteiger partial charge on any atom is -0.368 e. The molecule has 2 saturated heterocycles. The first-order valence-electron chi connectivity index (χ1n) is 9.81. The van der Waals surface area contributed by atoms with Crippen LogP contribution in [-0.4, -0.2) is 60.6 Å². The van der Waals surface area contributed by atoms with Crippen molar-refractivity contribution < 1.29 is 14.3 Å². The Hall–Kier alpha value is -1.79. The molecule has 2 aliphatic rings. The number of amides is 3. The van der Waals surface area contributed by atoms with E-state index >= 15 is 0 Å². The Morgan fingerprint density at radius 1 is 1.15 bits per heavy atom. The predicted molar refractivity (Wildman–Crippen MR) is 106 cm³/mol. The van der Waals surface area contributed by atoms with Crippen molar-refractivity contribution in [3.05, 3.63) is 28.3 Å². The maximum atomic E-state index is 12.8. The second kappa shape index (κ2) is 8.93. The van der Waals surface area contributed by atoms with Crippen molar-refractivity contribution >= 4 is 29.2 Å². The molecule has 3 amide bonds. The van der Waals surface area contributed by atoms with E-state index in [1.807, 2.05) is 24.0 Å². The van der Waals surface area contributed by atoms with Crippen LogP contribution in [0.3, 0.4) is 0 Å². The third-order valence-corrected chi connectivity index (χ3v) is 5.75. The molecule has 3 rings (SSSR count). The monoisotopic (exact) mass is 393 g/mol. The molecule has 1 N–H and O–H groups in total. The predicted octanol–water partition coefficient (Wildman–Crippen LogP) is 3.32. The highest BCUT2D eigenvalue weighted by atomic mass is 35.5. The molecule has 0 radical (unpaired) electrons. The van der Waals surface area contributed by atoms with Crippen LogP contribution < -0.4 is 5.32 Å². The van der Waals surface area contributed by atoms with E-state index in [9.17, 15) is 9.59 Å². The number of hydrogen-bond donors (Lipinski definition) is 1. The highest BCUT2D eigenvalue weighted by molar-refractivity contribution is 6.32. The molecule has 2 fully saturated rings. The van der Waals surface area contributed by atoms with Crippen molar-refractivity contribution in [2.45, 2.75) is 45.6 Å². The fourth-order valence-corrected chi connectivity index (χ4v) is 4.05. The highest BCUT2D eigenvalue weighted by Crippen LogP contribution is 2.30. The fraction of sp³-hybridized carbons (Fsp3) is 0.600. The van der Waals surface area contributed by atoms with Crippen LogP contribution in [0.2, 0.25) is 5.02 Å². The quantitative estimate of drug-likeness (QED) is 0.853. The average molecular weight is 394 g/mol. The standard InChI is InChI=1S/C20H28ClN3O3/c1-3-14-7-8-16(21)15(4-2)18(14)22-20(26)24-11-9-23(10-12-24)19(25)17-6-5-13-27-17/h7-8,17H,3-6,9-13H2,1-2H3,(H,22,26). The van der Waals surface area contributed by atoms with Gasteiger partial charge < -0.3 is 19.9 Å². The number of piperazine rings is 1. The van der Waals surface area contributed by atoms with E-state index in [1.165, 1.54) is 0 Å². The van der Waals surface area contributed by atoms with Crippen molar-refractivity contribution in [1.29, 1.82) is 0 Å². The number of ether oxygens (including phenoxy) is 1. The van der Waals surface area contributed by atoms with Crippen LogP contribution in [0.15, 0.2) is 12.1 Å². The molecule has 0 spiro atoms. The minimum absolute atomic E-state index is 0.0592. The van der Waals surface area contributed by atoms with Gasteiger partial charge in [-0.25, -0.2) is 4.79 Å². The summed E-state index contributed by atoms with van der Waals surface area (Å²) < 4.78 is 5.49. The van der Waals surface area contributed by atoms with E-state index in [4.69, 9.17) is 16.3 Å². The zero-order valence-corrected chi connectivity index (χ0v) is 16.8. The van der Waals surface area contributed by atoms with Crippen LogP contribution in [0.1, 0.15) is 37.8 Å². The van der Waals surface area contributed by atoms with Crippen molar-refractivity contribution in [2.75, 3.05) is 38.1 Å². The van der Waals surface area contributed by atoms with E-state index < -0.39 is 0 Å². The molecular weight excluding hydrogens is 366 g/mol. The van der Waals surface area contributed by atoms with Gasteiger partial charge >= 0.3 is 6.03 Å². The molecule has 6 nitrogen and oxygen atoms in total. The Balaban J connectivity index is 1.62. The second-order valence-electron chi connectivity index (χ2n) is 7.01. The van der Waals surface area contributed by atoms with Crippen LogP contribution in [0.4, 0.5) is 10.5 Å². The van der Waals surface area contributed by atoms with E-state index in [0.717, 1.165) is 42.5 Å². The van der Waals surface area contributed by atoms with Gasteiger partial charge in [0.15, 0.2) is 0 Å². The SMILES string of the molecule is CCc1ccc(Cl)c(CC)c1NC(=O)N1CCN(C(=O)C2CCCO2)CC1. The van der Waals surface area contributed by atoms with Gasteiger partial charge in [-0.1, -0.05) is 31.5 Å². The number of nitrogens with one attached hydrogen (secondary N) is 1. The Labute approximate surface area is 165 Å². The Morgan fingerprint density at radius 2 is 1.85 bits per heavy atom. The van der Waals surface area contributed by atoms with Gasteiger partial charge in [0, 0.05) is 37.8 Å². The summed E-state index contributed by atoms with van der Waals surface area (Å²) in [7, 11) is 0. The molecule has 2 heterocycles. The summed E-state index contributed by atoms with van der Waals surface area (Å²) in [5, 5.41) is 3.74. The number of urea groups is 1. The number of anilines is 1. The third kappa shape index (κ3) is 4.38. The molecule has 7 heteroatoms. The first-order valence-corrected chi connectivity index (χ1v) is 10.2. The number of rotatable bonds is 4. The van der Waals surface area contributed by atoms with Gasteiger partial charge in [0.1, 0.15) is 6.10 Å². The van der Waals surface area contributed by atoms with Gasteiger partial charge in [0.05, 0.1) is 5.69 Å². The molecule has 2 aliphatic heterocycles. The number of carbonyl (C=O) groups is 2. The van der Waals surface area contributed by atoms with Crippen molar-refractivity contribution in [3.8, 4) is 0 Å². The highest BCUT2D eigenvalue weighted by Gasteiger charge is 2.31. The largest absolute Gasteiger partial charge is 0.368 e. The average Bonchev–Trinajstić information content (AvgIpc) is 3.23. The molecule has 0 bridgehead atoms. The van der Waals surface area contributed by atoms with E-state index in [0.29, 0.717) is 37.8 Å². The summed E-state index contributed by atoms with van der Waals surface area (Å²) in [6, 6.07) is 3.73. The second-order valence-corrected chi connectivity index (χ2v) is 7.42. The lowest BCUT2D eigenvalue weighted by atomic mass is 10.0. The Morgan fingerprint density at radius 3 is 2.44 bits per heavy atom. The number of hydrogen-bond acceptors (Lipinski definition) is 3. The summed E-state index contributed by atoms with van der Waals surface area (Å²) in [4.78, 5) is 28.8.